The summed E-state index contributed by atoms with van der Waals surface area (Å²) in [6, 6.07) is 7.46. The fraction of sp³-hybridized carbons (Fsp3) is 0.308. The predicted molar refractivity (Wildman–Crippen MR) is 144 cm³/mol. The molecule has 1 aliphatic rings. The monoisotopic (exact) mass is 568 g/mol. The standard InChI is InChI=1S/C26H26ClFN8O4/c27-18-3-7-23(36-15-30-34-35-36)17(13-18)2-8-24(37)32-22(5-1-16-9-11-29-12-10-16)25(38)31-19-4-6-21(20(28)14-19)33-26(39)40/h3-4,6-7,13-16,22,29,33H,1,5,9-12H2,(H,31,38)(H,32,37)(H,39,40). The second kappa shape index (κ2) is 13.5. The van der Waals surface area contributed by atoms with E-state index in [2.05, 4.69) is 43.3 Å². The number of hydrogen-bond donors (Lipinski definition) is 5. The summed E-state index contributed by atoms with van der Waals surface area (Å²) in [5.74, 6) is 3.54. The molecule has 2 heterocycles. The second-order valence-corrected chi connectivity index (χ2v) is 9.51. The number of rotatable bonds is 8. The molecule has 4 rings (SSSR count). The first-order chi connectivity index (χ1) is 19.3. The lowest BCUT2D eigenvalue weighted by molar-refractivity contribution is -0.123. The number of piperidine rings is 1. The van der Waals surface area contributed by atoms with Crippen LogP contribution in [0.2, 0.25) is 5.02 Å². The van der Waals surface area contributed by atoms with Gasteiger partial charge >= 0.3 is 6.09 Å². The van der Waals surface area contributed by atoms with Crippen LogP contribution < -0.4 is 21.3 Å². The molecule has 1 unspecified atom stereocenters. The summed E-state index contributed by atoms with van der Waals surface area (Å²) >= 11 is 6.11. The Morgan fingerprint density at radius 1 is 1.18 bits per heavy atom. The summed E-state index contributed by atoms with van der Waals surface area (Å²) in [4.78, 5) is 36.8. The molecule has 0 saturated carbocycles. The van der Waals surface area contributed by atoms with Crippen LogP contribution in [0.4, 0.5) is 20.6 Å². The maximum Gasteiger partial charge on any atom is 0.409 e. The number of anilines is 2. The maximum atomic E-state index is 14.3. The van der Waals surface area contributed by atoms with Crippen LogP contribution in [0.25, 0.3) is 5.69 Å². The third-order valence-electron chi connectivity index (χ3n) is 6.29. The quantitative estimate of drug-likeness (QED) is 0.259. The van der Waals surface area contributed by atoms with Gasteiger partial charge in [0.2, 0.25) is 5.91 Å². The van der Waals surface area contributed by atoms with Gasteiger partial charge in [0.1, 0.15) is 18.2 Å². The molecule has 208 valence electrons. The molecule has 3 amide bonds. The van der Waals surface area contributed by atoms with Crippen molar-refractivity contribution in [3.63, 3.8) is 0 Å². The summed E-state index contributed by atoms with van der Waals surface area (Å²) in [6.07, 6.45) is 2.92. The first-order valence-corrected chi connectivity index (χ1v) is 12.8. The molecule has 0 spiro atoms. The predicted octanol–water partition coefficient (Wildman–Crippen LogP) is 2.80. The minimum Gasteiger partial charge on any atom is -0.465 e. The molecule has 5 N–H and O–H groups in total. The molecule has 40 heavy (non-hydrogen) atoms. The Morgan fingerprint density at radius 3 is 2.67 bits per heavy atom. The molecule has 3 aromatic rings. The summed E-state index contributed by atoms with van der Waals surface area (Å²) in [7, 11) is 0. The molecule has 1 fully saturated rings. The van der Waals surface area contributed by atoms with Gasteiger partial charge in [-0.15, -0.1) is 5.10 Å². The SMILES string of the molecule is O=C(O)Nc1ccc(NC(=O)C(CCC2CCNCC2)NC(=O)C#Cc2cc(Cl)ccc2-n2cnnn2)cc1F. The summed E-state index contributed by atoms with van der Waals surface area (Å²) in [6.45, 7) is 1.78. The molecular weight excluding hydrogens is 543 g/mol. The number of halogens is 2. The van der Waals surface area contributed by atoms with Crippen molar-refractivity contribution in [2.45, 2.75) is 31.7 Å². The van der Waals surface area contributed by atoms with Crippen LogP contribution in [0.5, 0.6) is 0 Å². The number of nitrogens with one attached hydrogen (secondary N) is 4. The van der Waals surface area contributed by atoms with Crippen LogP contribution in [0.1, 0.15) is 31.2 Å². The lowest BCUT2D eigenvalue weighted by atomic mass is 9.91. The summed E-state index contributed by atoms with van der Waals surface area (Å²) in [5.41, 5.74) is 0.767. The number of tetrazole rings is 1. The van der Waals surface area contributed by atoms with E-state index in [1.165, 1.54) is 23.1 Å². The highest BCUT2D eigenvalue weighted by molar-refractivity contribution is 6.30. The molecule has 1 saturated heterocycles. The van der Waals surface area contributed by atoms with Gasteiger partial charge in [-0.2, -0.15) is 4.68 Å². The highest BCUT2D eigenvalue weighted by atomic mass is 35.5. The average Bonchev–Trinajstić information content (AvgIpc) is 3.46. The van der Waals surface area contributed by atoms with Gasteiger partial charge in [0.05, 0.1) is 16.9 Å². The van der Waals surface area contributed by atoms with E-state index in [1.807, 2.05) is 5.32 Å². The molecule has 2 aromatic carbocycles. The average molecular weight is 569 g/mol. The number of carbonyl (C=O) groups excluding carboxylic acids is 2. The van der Waals surface area contributed by atoms with Crippen LogP contribution in [-0.2, 0) is 9.59 Å². The molecule has 0 bridgehead atoms. The Morgan fingerprint density at radius 2 is 1.98 bits per heavy atom. The zero-order chi connectivity index (χ0) is 28.5. The van der Waals surface area contributed by atoms with Crippen molar-refractivity contribution >= 4 is 40.9 Å². The van der Waals surface area contributed by atoms with E-state index < -0.39 is 29.8 Å². The van der Waals surface area contributed by atoms with E-state index in [1.54, 1.807) is 18.2 Å². The van der Waals surface area contributed by atoms with Crippen LogP contribution in [0, 0.1) is 23.6 Å². The smallest absolute Gasteiger partial charge is 0.409 e. The minimum atomic E-state index is -1.42. The van der Waals surface area contributed by atoms with E-state index in [9.17, 15) is 18.8 Å². The molecule has 0 aliphatic carbocycles. The van der Waals surface area contributed by atoms with Gasteiger partial charge in [0.15, 0.2) is 0 Å². The van der Waals surface area contributed by atoms with Gasteiger partial charge in [-0.3, -0.25) is 14.9 Å². The normalized spacial score (nSPS) is 13.9. The Kier molecular flexibility index (Phi) is 9.61. The summed E-state index contributed by atoms with van der Waals surface area (Å²) < 4.78 is 15.7. The first-order valence-electron chi connectivity index (χ1n) is 12.4. The van der Waals surface area contributed by atoms with Gasteiger partial charge in [-0.25, -0.2) is 9.18 Å². The van der Waals surface area contributed by atoms with E-state index in [4.69, 9.17) is 16.7 Å². The zero-order valence-corrected chi connectivity index (χ0v) is 21.9. The number of benzene rings is 2. The topological polar surface area (TPSA) is 163 Å². The lowest BCUT2D eigenvalue weighted by Crippen LogP contribution is -2.44. The molecule has 1 atom stereocenters. The van der Waals surface area contributed by atoms with Crippen molar-refractivity contribution < 1.29 is 23.9 Å². The van der Waals surface area contributed by atoms with E-state index in [0.29, 0.717) is 35.0 Å². The number of hydrogen-bond acceptors (Lipinski definition) is 7. The van der Waals surface area contributed by atoms with Gasteiger partial charge in [-0.05, 0) is 91.5 Å². The Hall–Kier alpha value is -4.54. The fourth-order valence-corrected chi connectivity index (χ4v) is 4.45. The number of amides is 3. The van der Waals surface area contributed by atoms with E-state index in [0.717, 1.165) is 32.0 Å². The Balaban J connectivity index is 1.49. The van der Waals surface area contributed by atoms with Crippen molar-refractivity contribution in [1.82, 2.24) is 30.8 Å². The highest BCUT2D eigenvalue weighted by Gasteiger charge is 2.23. The Labute approximate surface area is 233 Å². The highest BCUT2D eigenvalue weighted by Crippen LogP contribution is 2.22. The Bertz CT molecular complexity index is 1430. The third-order valence-corrected chi connectivity index (χ3v) is 6.52. The van der Waals surface area contributed by atoms with Gasteiger partial charge in [-0.1, -0.05) is 17.5 Å². The van der Waals surface area contributed by atoms with Crippen molar-refractivity contribution in [3.05, 3.63) is 59.1 Å². The first kappa shape index (κ1) is 28.5. The largest absolute Gasteiger partial charge is 0.465 e. The van der Waals surface area contributed by atoms with Crippen molar-refractivity contribution in [2.75, 3.05) is 23.7 Å². The van der Waals surface area contributed by atoms with Crippen molar-refractivity contribution in [1.29, 1.82) is 0 Å². The fourth-order valence-electron chi connectivity index (χ4n) is 4.28. The minimum absolute atomic E-state index is 0.107. The summed E-state index contributed by atoms with van der Waals surface area (Å²) in [5, 5.41) is 30.7. The van der Waals surface area contributed by atoms with Crippen LogP contribution in [0.3, 0.4) is 0 Å². The molecule has 1 aromatic heterocycles. The number of nitrogens with zero attached hydrogens (tertiary/aromatic N) is 4. The second-order valence-electron chi connectivity index (χ2n) is 9.08. The van der Waals surface area contributed by atoms with Gasteiger partial charge < -0.3 is 21.1 Å². The van der Waals surface area contributed by atoms with Crippen LogP contribution in [0.15, 0.2) is 42.7 Å². The number of aromatic nitrogens is 4. The molecule has 14 heteroatoms. The van der Waals surface area contributed by atoms with E-state index >= 15 is 0 Å². The molecule has 12 nitrogen and oxygen atoms in total. The lowest BCUT2D eigenvalue weighted by Gasteiger charge is -2.24. The number of carboxylic acid groups (broad SMARTS) is 1. The number of carbonyl (C=O) groups is 3. The third kappa shape index (κ3) is 7.98. The zero-order valence-electron chi connectivity index (χ0n) is 21.2. The van der Waals surface area contributed by atoms with Crippen molar-refractivity contribution in [3.8, 4) is 17.5 Å². The van der Waals surface area contributed by atoms with Crippen LogP contribution in [-0.4, -0.2) is 62.4 Å². The van der Waals surface area contributed by atoms with Gasteiger partial charge in [0.25, 0.3) is 5.91 Å². The molecular formula is C26H26ClFN8O4. The van der Waals surface area contributed by atoms with E-state index in [-0.39, 0.29) is 11.4 Å². The van der Waals surface area contributed by atoms with Gasteiger partial charge in [0, 0.05) is 16.6 Å². The van der Waals surface area contributed by atoms with Crippen LogP contribution >= 0.6 is 11.6 Å². The molecule has 1 aliphatic heterocycles. The maximum absolute atomic E-state index is 14.3. The molecule has 0 radical (unpaired) electrons. The van der Waals surface area contributed by atoms with Crippen molar-refractivity contribution in [2.24, 2.45) is 5.92 Å².